The van der Waals surface area contributed by atoms with Crippen LogP contribution in [0.3, 0.4) is 0 Å². The van der Waals surface area contributed by atoms with E-state index in [-0.39, 0.29) is 11.7 Å². The number of carbonyl (C=O) groups is 1. The molecule has 0 bridgehead atoms. The van der Waals surface area contributed by atoms with E-state index in [4.69, 9.17) is 23.2 Å². The highest BCUT2D eigenvalue weighted by molar-refractivity contribution is 6.31. The molecule has 2 rings (SSSR count). The summed E-state index contributed by atoms with van der Waals surface area (Å²) in [6, 6.07) is 11.7. The van der Waals surface area contributed by atoms with Crippen LogP contribution in [0.5, 0.6) is 5.75 Å². The summed E-state index contributed by atoms with van der Waals surface area (Å²) >= 11 is 11.9. The van der Waals surface area contributed by atoms with Gasteiger partial charge in [0, 0.05) is 23.3 Å². The number of aromatic hydroxyl groups is 1. The summed E-state index contributed by atoms with van der Waals surface area (Å²) in [7, 11) is 1.57. The number of hydrogen-bond donors (Lipinski definition) is 2. The molecule has 0 spiro atoms. The molecule has 0 aliphatic heterocycles. The second-order valence-electron chi connectivity index (χ2n) is 4.96. The number of benzene rings is 2. The molecule has 0 aliphatic carbocycles. The molecule has 1 atom stereocenters. The lowest BCUT2D eigenvalue weighted by Crippen LogP contribution is -2.29. The zero-order valence-corrected chi connectivity index (χ0v) is 14.0. The first-order chi connectivity index (χ1) is 11.0. The van der Waals surface area contributed by atoms with Crippen LogP contribution < -0.4 is 5.32 Å². The standard InChI is InChI=1S/C17H16Cl2N2O2/c1-20-17(23)12(8-11-2-7-15(22)9-16(11)19)10-21-14-5-3-13(18)4-6-14/h2-7,9-10,12,22H,8H2,1H3,(H,20,23). The molecule has 0 radical (unpaired) electrons. The molecule has 6 heteroatoms. The topological polar surface area (TPSA) is 61.7 Å². The molecule has 0 fully saturated rings. The number of nitrogens with one attached hydrogen (secondary N) is 1. The molecule has 4 nitrogen and oxygen atoms in total. The zero-order chi connectivity index (χ0) is 16.8. The van der Waals surface area contributed by atoms with Crippen LogP contribution in [-0.4, -0.2) is 24.3 Å². The number of phenols is 1. The van der Waals surface area contributed by atoms with E-state index in [0.29, 0.717) is 22.2 Å². The number of carbonyl (C=O) groups excluding carboxylic acids is 1. The predicted molar refractivity (Wildman–Crippen MR) is 94.0 cm³/mol. The van der Waals surface area contributed by atoms with Gasteiger partial charge in [-0.05, 0) is 48.4 Å². The fraction of sp³-hybridized carbons (Fsp3) is 0.176. The zero-order valence-electron chi connectivity index (χ0n) is 12.5. The highest BCUT2D eigenvalue weighted by Gasteiger charge is 2.17. The highest BCUT2D eigenvalue weighted by Crippen LogP contribution is 2.24. The van der Waals surface area contributed by atoms with Gasteiger partial charge >= 0.3 is 0 Å². The average molecular weight is 351 g/mol. The number of amides is 1. The van der Waals surface area contributed by atoms with Crippen molar-refractivity contribution in [1.29, 1.82) is 0 Å². The fourth-order valence-corrected chi connectivity index (χ4v) is 2.42. The third kappa shape index (κ3) is 4.98. The summed E-state index contributed by atoms with van der Waals surface area (Å²) in [6.07, 6.45) is 1.97. The second kappa shape index (κ2) is 7.99. The van der Waals surface area contributed by atoms with Gasteiger partial charge < -0.3 is 10.4 Å². The van der Waals surface area contributed by atoms with Crippen molar-refractivity contribution in [2.45, 2.75) is 6.42 Å². The molecule has 2 aromatic carbocycles. The van der Waals surface area contributed by atoms with E-state index >= 15 is 0 Å². The first-order valence-corrected chi connectivity index (χ1v) is 7.74. The van der Waals surface area contributed by atoms with Crippen LogP contribution >= 0.6 is 23.2 Å². The molecule has 1 unspecified atom stereocenters. The molecule has 0 saturated heterocycles. The van der Waals surface area contributed by atoms with Crippen LogP contribution in [-0.2, 0) is 11.2 Å². The number of phenolic OH excluding ortho intramolecular Hbond substituents is 1. The van der Waals surface area contributed by atoms with E-state index in [9.17, 15) is 9.90 Å². The molecule has 0 saturated carbocycles. The minimum absolute atomic E-state index is 0.0880. The van der Waals surface area contributed by atoms with Crippen LogP contribution in [0.25, 0.3) is 0 Å². The quantitative estimate of drug-likeness (QED) is 0.800. The Bertz CT molecular complexity index is 715. The Kier molecular flexibility index (Phi) is 6.02. The van der Waals surface area contributed by atoms with Gasteiger partial charge in [-0.25, -0.2) is 0 Å². The lowest BCUT2D eigenvalue weighted by Gasteiger charge is -2.12. The van der Waals surface area contributed by atoms with E-state index < -0.39 is 5.92 Å². The molecule has 2 N–H and O–H groups in total. The normalized spacial score (nSPS) is 12.3. The largest absolute Gasteiger partial charge is 0.508 e. The van der Waals surface area contributed by atoms with Crippen molar-refractivity contribution in [3.63, 3.8) is 0 Å². The minimum atomic E-state index is -0.474. The van der Waals surface area contributed by atoms with E-state index in [1.807, 2.05) is 0 Å². The minimum Gasteiger partial charge on any atom is -0.508 e. The second-order valence-corrected chi connectivity index (χ2v) is 5.80. The Morgan fingerprint density at radius 1 is 1.26 bits per heavy atom. The van der Waals surface area contributed by atoms with E-state index in [1.54, 1.807) is 49.7 Å². The smallest absolute Gasteiger partial charge is 0.228 e. The van der Waals surface area contributed by atoms with Crippen LogP contribution in [0, 0.1) is 5.92 Å². The Labute approximate surface area is 144 Å². The van der Waals surface area contributed by atoms with Crippen LogP contribution in [0.15, 0.2) is 47.5 Å². The van der Waals surface area contributed by atoms with Crippen molar-refractivity contribution in [3.05, 3.63) is 58.1 Å². The molecular formula is C17H16Cl2N2O2. The summed E-state index contributed by atoms with van der Waals surface area (Å²) in [5.41, 5.74) is 1.47. The monoisotopic (exact) mass is 350 g/mol. The summed E-state index contributed by atoms with van der Waals surface area (Å²) in [5.74, 6) is -0.547. The molecule has 2 aromatic rings. The summed E-state index contributed by atoms with van der Waals surface area (Å²) < 4.78 is 0. The maximum absolute atomic E-state index is 12.1. The molecule has 1 amide bonds. The summed E-state index contributed by atoms with van der Waals surface area (Å²) in [6.45, 7) is 0. The van der Waals surface area contributed by atoms with Crippen molar-refractivity contribution in [2.75, 3.05) is 7.05 Å². The van der Waals surface area contributed by atoms with Crippen LogP contribution in [0.2, 0.25) is 10.0 Å². The Balaban J connectivity index is 2.19. The SMILES string of the molecule is CNC(=O)C(C=Nc1ccc(Cl)cc1)Cc1ccc(O)cc1Cl. The van der Waals surface area contributed by atoms with Gasteiger partial charge in [0.25, 0.3) is 0 Å². The molecular weight excluding hydrogens is 335 g/mol. The Morgan fingerprint density at radius 3 is 2.57 bits per heavy atom. The first-order valence-electron chi connectivity index (χ1n) is 6.98. The van der Waals surface area contributed by atoms with Crippen molar-refractivity contribution >= 4 is 41.0 Å². The number of halogens is 2. The van der Waals surface area contributed by atoms with Gasteiger partial charge in [-0.3, -0.25) is 9.79 Å². The predicted octanol–water partition coefficient (Wildman–Crippen LogP) is 4.01. The lowest BCUT2D eigenvalue weighted by molar-refractivity contribution is -0.122. The van der Waals surface area contributed by atoms with Gasteiger partial charge in [0.2, 0.25) is 5.91 Å². The van der Waals surface area contributed by atoms with Crippen molar-refractivity contribution < 1.29 is 9.90 Å². The van der Waals surface area contributed by atoms with Gasteiger partial charge in [-0.15, -0.1) is 0 Å². The van der Waals surface area contributed by atoms with Gasteiger partial charge in [-0.2, -0.15) is 0 Å². The maximum Gasteiger partial charge on any atom is 0.228 e. The van der Waals surface area contributed by atoms with Gasteiger partial charge in [0.15, 0.2) is 0 Å². The summed E-state index contributed by atoms with van der Waals surface area (Å²) in [5, 5.41) is 13.1. The first kappa shape index (κ1) is 17.3. The number of nitrogens with zero attached hydrogens (tertiary/aromatic N) is 1. The fourth-order valence-electron chi connectivity index (χ4n) is 2.04. The van der Waals surface area contributed by atoms with Crippen LogP contribution in [0.1, 0.15) is 5.56 Å². The third-order valence-corrected chi connectivity index (χ3v) is 3.89. The van der Waals surface area contributed by atoms with Crippen molar-refractivity contribution in [3.8, 4) is 5.75 Å². The van der Waals surface area contributed by atoms with Crippen molar-refractivity contribution in [2.24, 2.45) is 10.9 Å². The maximum atomic E-state index is 12.1. The molecule has 0 aliphatic rings. The number of aliphatic imine (C=N–C) groups is 1. The van der Waals surface area contributed by atoms with E-state index in [1.165, 1.54) is 6.07 Å². The van der Waals surface area contributed by atoms with E-state index in [2.05, 4.69) is 10.3 Å². The third-order valence-electron chi connectivity index (χ3n) is 3.29. The van der Waals surface area contributed by atoms with Crippen LogP contribution in [0.4, 0.5) is 5.69 Å². The lowest BCUT2D eigenvalue weighted by atomic mass is 9.99. The number of hydrogen-bond acceptors (Lipinski definition) is 3. The number of rotatable bonds is 5. The van der Waals surface area contributed by atoms with Gasteiger partial charge in [0.05, 0.1) is 11.6 Å². The van der Waals surface area contributed by atoms with Crippen molar-refractivity contribution in [1.82, 2.24) is 5.32 Å². The van der Waals surface area contributed by atoms with Gasteiger partial charge in [-0.1, -0.05) is 29.3 Å². The molecule has 23 heavy (non-hydrogen) atoms. The highest BCUT2D eigenvalue weighted by atomic mass is 35.5. The molecule has 120 valence electrons. The average Bonchev–Trinajstić information content (AvgIpc) is 2.54. The Morgan fingerprint density at radius 2 is 1.96 bits per heavy atom. The molecule has 0 aromatic heterocycles. The molecule has 0 heterocycles. The van der Waals surface area contributed by atoms with E-state index in [0.717, 1.165) is 5.56 Å². The Hall–Kier alpha value is -2.04. The van der Waals surface area contributed by atoms with Gasteiger partial charge in [0.1, 0.15) is 5.75 Å². The summed E-state index contributed by atoms with van der Waals surface area (Å²) in [4.78, 5) is 16.4.